The minimum Gasteiger partial charge on any atom is -0.358 e. The molecular weight excluding hydrogens is 407 g/mol. The van der Waals surface area contributed by atoms with E-state index in [4.69, 9.17) is 0 Å². The molecule has 1 aromatic carbocycles. The predicted molar refractivity (Wildman–Crippen MR) is 110 cm³/mol. The molecule has 1 saturated carbocycles. The van der Waals surface area contributed by atoms with Crippen LogP contribution in [0, 0.1) is 5.92 Å². The number of pyridine rings is 1. The van der Waals surface area contributed by atoms with Crippen LogP contribution in [0.25, 0.3) is 28.0 Å². The van der Waals surface area contributed by atoms with E-state index in [0.717, 1.165) is 36.9 Å². The molecule has 1 fully saturated rings. The van der Waals surface area contributed by atoms with Crippen molar-refractivity contribution in [2.24, 2.45) is 5.92 Å². The largest absolute Gasteiger partial charge is 0.416 e. The van der Waals surface area contributed by atoms with Gasteiger partial charge in [0.15, 0.2) is 0 Å². The van der Waals surface area contributed by atoms with Gasteiger partial charge in [0.05, 0.1) is 34.3 Å². The van der Waals surface area contributed by atoms with E-state index in [2.05, 4.69) is 20.4 Å². The van der Waals surface area contributed by atoms with Gasteiger partial charge in [-0.05, 0) is 49.2 Å². The van der Waals surface area contributed by atoms with Gasteiger partial charge in [-0.15, -0.1) is 0 Å². The number of aromatic nitrogens is 4. The second kappa shape index (κ2) is 7.26. The highest BCUT2D eigenvalue weighted by Gasteiger charge is 2.30. The number of anilines is 1. The standard InChI is InChI=1S/C22H18F3N5O/c23-22(24,25)15-4-6-16(7-5-15)30-12-14(10-27-30)17-8-9-18-20(28-17)19(11-26-18)29-21(31)13-2-1-3-13/h4-13,26H,1-3H2,(H,29,31). The molecule has 1 aliphatic rings. The molecule has 0 saturated heterocycles. The fourth-order valence-corrected chi connectivity index (χ4v) is 3.56. The van der Waals surface area contributed by atoms with Gasteiger partial charge in [-0.1, -0.05) is 6.42 Å². The van der Waals surface area contributed by atoms with E-state index < -0.39 is 11.7 Å². The van der Waals surface area contributed by atoms with Gasteiger partial charge in [-0.3, -0.25) is 4.79 Å². The van der Waals surface area contributed by atoms with Gasteiger partial charge in [0, 0.05) is 23.9 Å². The van der Waals surface area contributed by atoms with E-state index in [1.165, 1.54) is 16.8 Å². The average Bonchev–Trinajstić information content (AvgIpc) is 3.33. The number of fused-ring (bicyclic) bond motifs is 1. The van der Waals surface area contributed by atoms with Crippen molar-refractivity contribution in [2.45, 2.75) is 25.4 Å². The van der Waals surface area contributed by atoms with Crippen LogP contribution in [-0.2, 0) is 11.0 Å². The lowest BCUT2D eigenvalue weighted by molar-refractivity contribution is -0.137. The van der Waals surface area contributed by atoms with Crippen molar-refractivity contribution in [3.63, 3.8) is 0 Å². The third-order valence-electron chi connectivity index (χ3n) is 5.59. The first-order chi connectivity index (χ1) is 14.9. The minimum absolute atomic E-state index is 0.00877. The second-order valence-corrected chi connectivity index (χ2v) is 7.63. The van der Waals surface area contributed by atoms with E-state index in [-0.39, 0.29) is 11.8 Å². The number of amides is 1. The van der Waals surface area contributed by atoms with Crippen molar-refractivity contribution < 1.29 is 18.0 Å². The first-order valence-corrected chi connectivity index (χ1v) is 9.90. The topological polar surface area (TPSA) is 75.6 Å². The van der Waals surface area contributed by atoms with Gasteiger partial charge < -0.3 is 10.3 Å². The zero-order valence-electron chi connectivity index (χ0n) is 16.3. The van der Waals surface area contributed by atoms with Gasteiger partial charge in [-0.2, -0.15) is 18.3 Å². The van der Waals surface area contributed by atoms with Crippen molar-refractivity contribution in [1.29, 1.82) is 0 Å². The average molecular weight is 425 g/mol. The Balaban J connectivity index is 1.41. The molecule has 4 aromatic rings. The highest BCUT2D eigenvalue weighted by Crippen LogP contribution is 2.31. The number of hydrogen-bond acceptors (Lipinski definition) is 3. The van der Waals surface area contributed by atoms with Crippen LogP contribution in [0.3, 0.4) is 0 Å². The number of benzene rings is 1. The molecular formula is C22H18F3N5O. The molecule has 0 radical (unpaired) electrons. The maximum absolute atomic E-state index is 12.8. The van der Waals surface area contributed by atoms with Crippen LogP contribution in [0.1, 0.15) is 24.8 Å². The number of halogens is 3. The van der Waals surface area contributed by atoms with Crippen LogP contribution in [-0.4, -0.2) is 25.7 Å². The molecule has 3 aromatic heterocycles. The Hall–Kier alpha value is -3.62. The summed E-state index contributed by atoms with van der Waals surface area (Å²) in [7, 11) is 0. The normalized spacial score (nSPS) is 14.5. The molecule has 1 aliphatic carbocycles. The molecule has 0 spiro atoms. The van der Waals surface area contributed by atoms with Gasteiger partial charge in [-0.25, -0.2) is 9.67 Å². The lowest BCUT2D eigenvalue weighted by Gasteiger charge is -2.23. The van der Waals surface area contributed by atoms with Crippen LogP contribution >= 0.6 is 0 Å². The third-order valence-corrected chi connectivity index (χ3v) is 5.59. The number of rotatable bonds is 4. The highest BCUT2D eigenvalue weighted by atomic mass is 19.4. The number of carbonyl (C=O) groups excluding carboxylic acids is 1. The number of carbonyl (C=O) groups is 1. The number of aromatic amines is 1. The number of alkyl halides is 3. The Kier molecular flexibility index (Phi) is 4.53. The van der Waals surface area contributed by atoms with Crippen LogP contribution in [0.5, 0.6) is 0 Å². The third kappa shape index (κ3) is 3.67. The summed E-state index contributed by atoms with van der Waals surface area (Å²) in [6.07, 6.45) is 3.56. The van der Waals surface area contributed by atoms with Gasteiger partial charge >= 0.3 is 6.18 Å². The van der Waals surface area contributed by atoms with Crippen molar-refractivity contribution in [3.05, 3.63) is 60.6 Å². The van der Waals surface area contributed by atoms with Crippen molar-refractivity contribution >= 4 is 22.6 Å². The summed E-state index contributed by atoms with van der Waals surface area (Å²) in [5, 5.41) is 7.20. The monoisotopic (exact) mass is 425 g/mol. The Bertz CT molecular complexity index is 1250. The number of nitrogens with one attached hydrogen (secondary N) is 2. The SMILES string of the molecule is O=C(Nc1c[nH]c2ccc(-c3cnn(-c4ccc(C(F)(F)F)cc4)c3)nc12)C1CCC1. The summed E-state index contributed by atoms with van der Waals surface area (Å²) in [5.41, 5.74) is 3.22. The lowest BCUT2D eigenvalue weighted by atomic mass is 9.85. The quantitative estimate of drug-likeness (QED) is 0.474. The minimum atomic E-state index is -4.38. The molecule has 0 unspecified atom stereocenters. The van der Waals surface area contributed by atoms with E-state index in [1.54, 1.807) is 18.6 Å². The van der Waals surface area contributed by atoms with Crippen LogP contribution < -0.4 is 5.32 Å². The first-order valence-electron chi connectivity index (χ1n) is 9.90. The Morgan fingerprint density at radius 1 is 1.13 bits per heavy atom. The Morgan fingerprint density at radius 2 is 1.90 bits per heavy atom. The molecule has 0 aliphatic heterocycles. The fourth-order valence-electron chi connectivity index (χ4n) is 3.56. The number of nitrogens with zero attached hydrogens (tertiary/aromatic N) is 3. The van der Waals surface area contributed by atoms with E-state index in [1.807, 2.05) is 12.1 Å². The molecule has 6 nitrogen and oxygen atoms in total. The van der Waals surface area contributed by atoms with Crippen LogP contribution in [0.15, 0.2) is 55.0 Å². The van der Waals surface area contributed by atoms with Gasteiger partial charge in [0.2, 0.25) is 5.91 Å². The maximum atomic E-state index is 12.8. The summed E-state index contributed by atoms with van der Waals surface area (Å²) in [4.78, 5) is 20.1. The summed E-state index contributed by atoms with van der Waals surface area (Å²) in [5.74, 6) is 0.0737. The highest BCUT2D eigenvalue weighted by molar-refractivity contribution is 6.01. The molecule has 9 heteroatoms. The maximum Gasteiger partial charge on any atom is 0.416 e. The molecule has 31 heavy (non-hydrogen) atoms. The second-order valence-electron chi connectivity index (χ2n) is 7.63. The summed E-state index contributed by atoms with van der Waals surface area (Å²) >= 11 is 0. The fraction of sp³-hybridized carbons (Fsp3) is 0.227. The molecule has 3 heterocycles. The van der Waals surface area contributed by atoms with E-state index in [0.29, 0.717) is 28.1 Å². The van der Waals surface area contributed by atoms with Crippen LogP contribution in [0.4, 0.5) is 18.9 Å². The zero-order chi connectivity index (χ0) is 21.6. The molecule has 0 atom stereocenters. The molecule has 0 bridgehead atoms. The predicted octanol–water partition coefficient (Wildman–Crippen LogP) is 5.17. The van der Waals surface area contributed by atoms with Crippen LogP contribution in [0.2, 0.25) is 0 Å². The number of H-pyrrole nitrogens is 1. The summed E-state index contributed by atoms with van der Waals surface area (Å²) in [6, 6.07) is 8.49. The molecule has 5 rings (SSSR count). The Labute approximate surface area is 175 Å². The molecule has 2 N–H and O–H groups in total. The van der Waals surface area contributed by atoms with Crippen molar-refractivity contribution in [1.82, 2.24) is 19.7 Å². The Morgan fingerprint density at radius 3 is 2.58 bits per heavy atom. The number of hydrogen-bond donors (Lipinski definition) is 2. The molecule has 1 amide bonds. The lowest BCUT2D eigenvalue weighted by Crippen LogP contribution is -2.27. The first kappa shape index (κ1) is 19.3. The van der Waals surface area contributed by atoms with E-state index >= 15 is 0 Å². The summed E-state index contributed by atoms with van der Waals surface area (Å²) in [6.45, 7) is 0. The summed E-state index contributed by atoms with van der Waals surface area (Å²) < 4.78 is 39.8. The van der Waals surface area contributed by atoms with Crippen molar-refractivity contribution in [3.8, 4) is 16.9 Å². The van der Waals surface area contributed by atoms with Gasteiger partial charge in [0.1, 0.15) is 5.52 Å². The zero-order valence-corrected chi connectivity index (χ0v) is 16.3. The van der Waals surface area contributed by atoms with E-state index in [9.17, 15) is 18.0 Å². The van der Waals surface area contributed by atoms with Crippen molar-refractivity contribution in [2.75, 3.05) is 5.32 Å². The smallest absolute Gasteiger partial charge is 0.358 e. The molecule has 158 valence electrons. The van der Waals surface area contributed by atoms with Gasteiger partial charge in [0.25, 0.3) is 0 Å².